The second-order valence-corrected chi connectivity index (χ2v) is 8.02. The maximum Gasteiger partial charge on any atom is 0.270 e. The molecule has 26 heavy (non-hydrogen) atoms. The Balaban J connectivity index is 1.57. The number of nitrogens with zero attached hydrogens (tertiary/aromatic N) is 1. The van der Waals surface area contributed by atoms with Crippen molar-refractivity contribution < 1.29 is 19.8 Å². The standard InChI is InChI=1S/C19H29N3O4/c1-12-7-16(20-13(12)2)18(26)22-6-3-14(8-15(24)10-22)21-17(25)9-19(11-23)4-5-19/h7,14-15,20,23-24H,3-6,8-11H2,1-2H3,(H,21,25)/t14-,15-/m0/s1. The Bertz CT molecular complexity index is 661. The van der Waals surface area contributed by atoms with Gasteiger partial charge in [0.05, 0.1) is 6.10 Å². The number of hydrogen-bond donors (Lipinski definition) is 4. The number of aliphatic hydroxyl groups excluding tert-OH is 2. The van der Waals surface area contributed by atoms with Gasteiger partial charge in [-0.3, -0.25) is 9.59 Å². The fourth-order valence-electron chi connectivity index (χ4n) is 3.63. The molecule has 0 spiro atoms. The lowest BCUT2D eigenvalue weighted by Gasteiger charge is -2.21. The largest absolute Gasteiger partial charge is 0.396 e. The highest BCUT2D eigenvalue weighted by Gasteiger charge is 2.44. The SMILES string of the molecule is Cc1cc(C(=O)N2CC[C@H](NC(=O)CC3(CO)CC3)C[C@H](O)C2)[nH]c1C. The van der Waals surface area contributed by atoms with Crippen LogP contribution in [-0.2, 0) is 4.79 Å². The zero-order valence-corrected chi connectivity index (χ0v) is 15.5. The molecule has 2 atom stereocenters. The van der Waals surface area contributed by atoms with Crippen LogP contribution in [0.1, 0.15) is 53.8 Å². The van der Waals surface area contributed by atoms with Crippen molar-refractivity contribution in [1.29, 1.82) is 0 Å². The second kappa shape index (κ2) is 7.40. The fraction of sp³-hybridized carbons (Fsp3) is 0.684. The van der Waals surface area contributed by atoms with E-state index < -0.39 is 6.10 Å². The molecule has 0 aromatic carbocycles. The first-order chi connectivity index (χ1) is 12.3. The highest BCUT2D eigenvalue weighted by molar-refractivity contribution is 5.93. The summed E-state index contributed by atoms with van der Waals surface area (Å²) in [7, 11) is 0. The molecule has 2 heterocycles. The number of aliphatic hydroxyl groups is 2. The monoisotopic (exact) mass is 363 g/mol. The van der Waals surface area contributed by atoms with Crippen molar-refractivity contribution in [2.75, 3.05) is 19.7 Å². The Hall–Kier alpha value is -1.86. The summed E-state index contributed by atoms with van der Waals surface area (Å²) in [6.45, 7) is 4.68. The van der Waals surface area contributed by atoms with Crippen LogP contribution in [0.4, 0.5) is 0 Å². The summed E-state index contributed by atoms with van der Waals surface area (Å²) in [6, 6.07) is 1.68. The maximum absolute atomic E-state index is 12.7. The molecular formula is C19H29N3O4. The highest BCUT2D eigenvalue weighted by atomic mass is 16.3. The lowest BCUT2D eigenvalue weighted by molar-refractivity contribution is -0.123. The topological polar surface area (TPSA) is 106 Å². The normalized spacial score (nSPS) is 24.8. The first kappa shape index (κ1) is 18.9. The quantitative estimate of drug-likeness (QED) is 0.623. The number of aromatic amines is 1. The fourth-order valence-corrected chi connectivity index (χ4v) is 3.63. The van der Waals surface area contributed by atoms with Crippen molar-refractivity contribution in [3.8, 4) is 0 Å². The number of amides is 2. The van der Waals surface area contributed by atoms with Gasteiger partial charge in [-0.05, 0) is 51.2 Å². The number of likely N-dealkylation sites (tertiary alicyclic amines) is 1. The third-order valence-corrected chi connectivity index (χ3v) is 5.72. The number of carbonyl (C=O) groups is 2. The Labute approximate surface area is 153 Å². The molecule has 2 amide bonds. The number of β-amino-alcohol motifs (C(OH)–C–C–N with tert-alkyl or cyclic N) is 1. The van der Waals surface area contributed by atoms with Crippen LogP contribution in [0, 0.1) is 19.3 Å². The second-order valence-electron chi connectivity index (χ2n) is 8.02. The van der Waals surface area contributed by atoms with Crippen LogP contribution in [0.2, 0.25) is 0 Å². The Kier molecular flexibility index (Phi) is 5.39. The van der Waals surface area contributed by atoms with Gasteiger partial charge < -0.3 is 25.4 Å². The minimum atomic E-state index is -0.670. The van der Waals surface area contributed by atoms with Crippen LogP contribution in [0.15, 0.2) is 6.07 Å². The van der Waals surface area contributed by atoms with E-state index in [0.717, 1.165) is 24.1 Å². The number of carbonyl (C=O) groups excluding carboxylic acids is 2. The van der Waals surface area contributed by atoms with Crippen molar-refractivity contribution >= 4 is 11.8 Å². The molecule has 1 saturated carbocycles. The van der Waals surface area contributed by atoms with E-state index in [4.69, 9.17) is 0 Å². The summed E-state index contributed by atoms with van der Waals surface area (Å²) in [5.41, 5.74) is 2.31. The van der Waals surface area contributed by atoms with E-state index in [2.05, 4.69) is 10.3 Å². The van der Waals surface area contributed by atoms with Gasteiger partial charge >= 0.3 is 0 Å². The number of aromatic nitrogens is 1. The van der Waals surface area contributed by atoms with E-state index in [1.54, 1.807) is 4.90 Å². The zero-order chi connectivity index (χ0) is 18.9. The van der Waals surface area contributed by atoms with Gasteiger partial charge in [-0.2, -0.15) is 0 Å². The number of nitrogens with one attached hydrogen (secondary N) is 2. The van der Waals surface area contributed by atoms with Crippen LogP contribution in [0.5, 0.6) is 0 Å². The third-order valence-electron chi connectivity index (χ3n) is 5.72. The molecular weight excluding hydrogens is 334 g/mol. The summed E-state index contributed by atoms with van der Waals surface area (Å²) >= 11 is 0. The first-order valence-electron chi connectivity index (χ1n) is 9.36. The van der Waals surface area contributed by atoms with Gasteiger partial charge in [0, 0.05) is 43.3 Å². The van der Waals surface area contributed by atoms with Crippen molar-refractivity contribution in [2.45, 2.75) is 58.1 Å². The van der Waals surface area contributed by atoms with Crippen molar-refractivity contribution in [1.82, 2.24) is 15.2 Å². The van der Waals surface area contributed by atoms with E-state index in [1.165, 1.54) is 0 Å². The molecule has 0 unspecified atom stereocenters. The zero-order valence-electron chi connectivity index (χ0n) is 15.5. The molecule has 1 aromatic heterocycles. The predicted molar refractivity (Wildman–Crippen MR) is 96.7 cm³/mol. The average Bonchev–Trinajstić information content (AvgIpc) is 3.31. The number of H-pyrrole nitrogens is 1. The summed E-state index contributed by atoms with van der Waals surface area (Å²) in [4.78, 5) is 29.7. The molecule has 0 radical (unpaired) electrons. The van der Waals surface area contributed by atoms with Gasteiger partial charge in [0.1, 0.15) is 5.69 Å². The Morgan fingerprint density at radius 3 is 2.69 bits per heavy atom. The van der Waals surface area contributed by atoms with Crippen molar-refractivity contribution in [3.05, 3.63) is 23.0 Å². The average molecular weight is 363 g/mol. The molecule has 1 aliphatic carbocycles. The van der Waals surface area contributed by atoms with E-state index in [9.17, 15) is 19.8 Å². The van der Waals surface area contributed by atoms with E-state index in [1.807, 2.05) is 19.9 Å². The van der Waals surface area contributed by atoms with E-state index in [-0.39, 0.29) is 36.4 Å². The maximum atomic E-state index is 12.7. The molecule has 3 rings (SSSR count). The molecule has 0 bridgehead atoms. The summed E-state index contributed by atoms with van der Waals surface area (Å²) < 4.78 is 0. The molecule has 1 saturated heterocycles. The molecule has 1 aromatic rings. The molecule has 1 aliphatic heterocycles. The van der Waals surface area contributed by atoms with Crippen LogP contribution in [0.25, 0.3) is 0 Å². The molecule has 2 fully saturated rings. The minimum Gasteiger partial charge on any atom is -0.396 e. The van der Waals surface area contributed by atoms with Gasteiger partial charge in [-0.25, -0.2) is 0 Å². The lowest BCUT2D eigenvalue weighted by atomic mass is 10.0. The van der Waals surface area contributed by atoms with Crippen molar-refractivity contribution in [2.24, 2.45) is 5.41 Å². The predicted octanol–water partition coefficient (Wildman–Crippen LogP) is 0.876. The molecule has 144 valence electrons. The molecule has 7 nitrogen and oxygen atoms in total. The van der Waals surface area contributed by atoms with Crippen LogP contribution in [-0.4, -0.2) is 63.8 Å². The third kappa shape index (κ3) is 4.27. The lowest BCUT2D eigenvalue weighted by Crippen LogP contribution is -2.38. The van der Waals surface area contributed by atoms with Crippen molar-refractivity contribution in [3.63, 3.8) is 0 Å². The van der Waals surface area contributed by atoms with Gasteiger partial charge in [-0.15, -0.1) is 0 Å². The van der Waals surface area contributed by atoms with Gasteiger partial charge in [-0.1, -0.05) is 0 Å². The number of aryl methyl sites for hydroxylation is 2. The molecule has 2 aliphatic rings. The Morgan fingerprint density at radius 1 is 1.38 bits per heavy atom. The van der Waals surface area contributed by atoms with Crippen LogP contribution < -0.4 is 5.32 Å². The van der Waals surface area contributed by atoms with Gasteiger partial charge in [0.2, 0.25) is 5.91 Å². The summed E-state index contributed by atoms with van der Waals surface area (Å²) in [5, 5.41) is 22.6. The Morgan fingerprint density at radius 2 is 2.12 bits per heavy atom. The summed E-state index contributed by atoms with van der Waals surface area (Å²) in [6.07, 6.45) is 2.49. The van der Waals surface area contributed by atoms with E-state index in [0.29, 0.717) is 31.5 Å². The summed E-state index contributed by atoms with van der Waals surface area (Å²) in [5.74, 6) is -0.200. The van der Waals surface area contributed by atoms with Gasteiger partial charge in [0.25, 0.3) is 5.91 Å². The highest BCUT2D eigenvalue weighted by Crippen LogP contribution is 2.48. The first-order valence-corrected chi connectivity index (χ1v) is 9.36. The molecule has 7 heteroatoms. The number of rotatable bonds is 5. The minimum absolute atomic E-state index is 0.0466. The van der Waals surface area contributed by atoms with Crippen LogP contribution >= 0.6 is 0 Å². The van der Waals surface area contributed by atoms with Gasteiger partial charge in [0.15, 0.2) is 0 Å². The van der Waals surface area contributed by atoms with E-state index >= 15 is 0 Å². The number of hydrogen-bond acceptors (Lipinski definition) is 4. The molecule has 4 N–H and O–H groups in total. The smallest absolute Gasteiger partial charge is 0.270 e. The van der Waals surface area contributed by atoms with Crippen LogP contribution in [0.3, 0.4) is 0 Å².